The normalized spacial score (nSPS) is 10.1. The van der Waals surface area contributed by atoms with E-state index in [0.29, 0.717) is 16.9 Å². The average molecular weight is 239 g/mol. The first kappa shape index (κ1) is 12.7. The molecule has 0 atom stereocenters. The summed E-state index contributed by atoms with van der Waals surface area (Å²) in [6, 6.07) is 5.15. The van der Waals surface area contributed by atoms with Gasteiger partial charge in [0.2, 0.25) is 0 Å². The number of carbonyl (C=O) groups excluding carboxylic acids is 1. The van der Waals surface area contributed by atoms with Gasteiger partial charge >= 0.3 is 0 Å². The molecule has 0 aliphatic rings. The van der Waals surface area contributed by atoms with Crippen molar-refractivity contribution < 1.29 is 4.79 Å². The van der Waals surface area contributed by atoms with Crippen molar-refractivity contribution in [1.82, 2.24) is 0 Å². The van der Waals surface area contributed by atoms with E-state index in [-0.39, 0.29) is 0 Å². The fraction of sp³-hybridized carbons (Fsp3) is 0.364. The van der Waals surface area contributed by atoms with Gasteiger partial charge in [0.05, 0.1) is 16.9 Å². The van der Waals surface area contributed by atoms with Crippen LogP contribution in [0.3, 0.4) is 0 Å². The summed E-state index contributed by atoms with van der Waals surface area (Å²) < 4.78 is 0. The number of amides is 1. The third-order valence-electron chi connectivity index (χ3n) is 2.19. The Labute approximate surface area is 99.8 Å². The van der Waals surface area contributed by atoms with Gasteiger partial charge < -0.3 is 16.8 Å². The van der Waals surface area contributed by atoms with Crippen molar-refractivity contribution in [3.8, 4) is 0 Å². The van der Waals surface area contributed by atoms with Crippen LogP contribution in [0.4, 0.5) is 11.4 Å². The van der Waals surface area contributed by atoms with E-state index in [1.807, 2.05) is 0 Å². The van der Waals surface area contributed by atoms with Crippen molar-refractivity contribution in [2.75, 3.05) is 29.6 Å². The summed E-state index contributed by atoms with van der Waals surface area (Å²) in [5.41, 5.74) is 12.7. The van der Waals surface area contributed by atoms with Crippen LogP contribution in [0, 0.1) is 0 Å². The summed E-state index contributed by atoms with van der Waals surface area (Å²) in [6.45, 7) is 0.787. The number of rotatable bonds is 6. The van der Waals surface area contributed by atoms with E-state index < -0.39 is 5.91 Å². The van der Waals surface area contributed by atoms with E-state index in [4.69, 9.17) is 11.5 Å². The molecule has 0 aromatic heterocycles. The van der Waals surface area contributed by atoms with Crippen LogP contribution in [0.25, 0.3) is 0 Å². The van der Waals surface area contributed by atoms with Crippen molar-refractivity contribution in [2.45, 2.75) is 6.42 Å². The highest BCUT2D eigenvalue weighted by molar-refractivity contribution is 7.98. The fourth-order valence-corrected chi connectivity index (χ4v) is 1.84. The van der Waals surface area contributed by atoms with Gasteiger partial charge in [0.1, 0.15) is 0 Å². The lowest BCUT2D eigenvalue weighted by Gasteiger charge is -2.12. The molecule has 0 radical (unpaired) electrons. The molecule has 16 heavy (non-hydrogen) atoms. The maximum absolute atomic E-state index is 11.2. The molecule has 5 N–H and O–H groups in total. The molecule has 5 heteroatoms. The predicted octanol–water partition coefficient (Wildman–Crippen LogP) is 1.53. The highest BCUT2D eigenvalue weighted by Crippen LogP contribution is 2.22. The van der Waals surface area contributed by atoms with Crippen LogP contribution in [-0.4, -0.2) is 24.5 Å². The van der Waals surface area contributed by atoms with Crippen LogP contribution in [0.15, 0.2) is 18.2 Å². The molecule has 0 aliphatic carbocycles. The first-order chi connectivity index (χ1) is 7.66. The highest BCUT2D eigenvalue weighted by atomic mass is 32.2. The quantitative estimate of drug-likeness (QED) is 0.519. The summed E-state index contributed by atoms with van der Waals surface area (Å²) in [5, 5.41) is 3.16. The topological polar surface area (TPSA) is 81.1 Å². The minimum absolute atomic E-state index is 0.448. The summed E-state index contributed by atoms with van der Waals surface area (Å²) in [6.07, 6.45) is 3.08. The zero-order valence-corrected chi connectivity index (χ0v) is 10.1. The number of nitrogens with one attached hydrogen (secondary N) is 1. The lowest BCUT2D eigenvalue weighted by Crippen LogP contribution is -2.16. The molecule has 0 fully saturated rings. The summed E-state index contributed by atoms with van der Waals surface area (Å²) in [7, 11) is 0. The van der Waals surface area contributed by atoms with Gasteiger partial charge in [-0.2, -0.15) is 11.8 Å². The number of para-hydroxylation sites is 1. The van der Waals surface area contributed by atoms with Crippen molar-refractivity contribution in [3.05, 3.63) is 23.8 Å². The molecule has 0 heterocycles. The number of thioether (sulfide) groups is 1. The first-order valence-electron chi connectivity index (χ1n) is 5.08. The standard InChI is InChI=1S/C11H17N3OS/c1-16-7-3-6-14-10-8(11(13)15)4-2-5-9(10)12/h2,4-5,14H,3,6-7,12H2,1H3,(H2,13,15). The number of primary amides is 1. The number of anilines is 2. The Morgan fingerprint density at radius 1 is 1.50 bits per heavy atom. The molecule has 0 spiro atoms. The van der Waals surface area contributed by atoms with Gasteiger partial charge in [-0.1, -0.05) is 6.07 Å². The Bertz CT molecular complexity index is 368. The van der Waals surface area contributed by atoms with Crippen LogP contribution < -0.4 is 16.8 Å². The smallest absolute Gasteiger partial charge is 0.250 e. The van der Waals surface area contributed by atoms with Crippen LogP contribution in [0.2, 0.25) is 0 Å². The molecule has 4 nitrogen and oxygen atoms in total. The Kier molecular flexibility index (Phi) is 4.98. The van der Waals surface area contributed by atoms with Crippen molar-refractivity contribution in [1.29, 1.82) is 0 Å². The van der Waals surface area contributed by atoms with E-state index >= 15 is 0 Å². The summed E-state index contributed by atoms with van der Waals surface area (Å²) in [4.78, 5) is 11.2. The molecule has 1 aromatic carbocycles. The summed E-state index contributed by atoms with van der Waals surface area (Å²) >= 11 is 1.79. The second-order valence-electron chi connectivity index (χ2n) is 3.41. The molecular weight excluding hydrogens is 222 g/mol. The largest absolute Gasteiger partial charge is 0.397 e. The molecule has 0 bridgehead atoms. The molecule has 0 saturated heterocycles. The van der Waals surface area contributed by atoms with Gasteiger partial charge in [0.15, 0.2) is 0 Å². The first-order valence-corrected chi connectivity index (χ1v) is 6.47. The Balaban J connectivity index is 2.73. The van der Waals surface area contributed by atoms with Crippen molar-refractivity contribution in [2.24, 2.45) is 5.73 Å². The zero-order valence-electron chi connectivity index (χ0n) is 9.32. The van der Waals surface area contributed by atoms with E-state index in [9.17, 15) is 4.79 Å². The zero-order chi connectivity index (χ0) is 12.0. The second-order valence-corrected chi connectivity index (χ2v) is 4.39. The molecule has 0 saturated carbocycles. The number of benzene rings is 1. The molecular formula is C11H17N3OS. The molecule has 1 rings (SSSR count). The van der Waals surface area contributed by atoms with Crippen molar-refractivity contribution in [3.63, 3.8) is 0 Å². The van der Waals surface area contributed by atoms with Gasteiger partial charge in [0, 0.05) is 6.54 Å². The van der Waals surface area contributed by atoms with E-state index in [1.165, 1.54) is 0 Å². The Hall–Kier alpha value is -1.36. The number of nitrogen functional groups attached to an aromatic ring is 1. The molecule has 1 aromatic rings. The monoisotopic (exact) mass is 239 g/mol. The lowest BCUT2D eigenvalue weighted by atomic mass is 10.1. The third-order valence-corrected chi connectivity index (χ3v) is 2.89. The maximum atomic E-state index is 11.2. The van der Waals surface area contributed by atoms with Crippen molar-refractivity contribution >= 4 is 29.0 Å². The SMILES string of the molecule is CSCCCNc1c(N)cccc1C(N)=O. The van der Waals surface area contributed by atoms with Gasteiger partial charge in [-0.25, -0.2) is 0 Å². The maximum Gasteiger partial charge on any atom is 0.250 e. The van der Waals surface area contributed by atoms with Gasteiger partial charge in [-0.15, -0.1) is 0 Å². The molecule has 1 amide bonds. The van der Waals surface area contributed by atoms with Crippen LogP contribution in [-0.2, 0) is 0 Å². The molecule has 0 aliphatic heterocycles. The van der Waals surface area contributed by atoms with Gasteiger partial charge in [-0.05, 0) is 30.6 Å². The summed E-state index contributed by atoms with van der Waals surface area (Å²) in [5.74, 6) is 0.616. The average Bonchev–Trinajstić information content (AvgIpc) is 2.25. The fourth-order valence-electron chi connectivity index (χ4n) is 1.40. The molecule has 88 valence electrons. The van der Waals surface area contributed by atoms with Crippen LogP contribution >= 0.6 is 11.8 Å². The second kappa shape index (κ2) is 6.27. The number of carbonyl (C=O) groups is 1. The number of hydrogen-bond acceptors (Lipinski definition) is 4. The Morgan fingerprint density at radius 2 is 2.25 bits per heavy atom. The minimum atomic E-state index is -0.459. The van der Waals surface area contributed by atoms with E-state index in [2.05, 4.69) is 11.6 Å². The third kappa shape index (κ3) is 3.34. The van der Waals surface area contributed by atoms with E-state index in [0.717, 1.165) is 18.7 Å². The molecule has 0 unspecified atom stereocenters. The minimum Gasteiger partial charge on any atom is -0.397 e. The lowest BCUT2D eigenvalue weighted by molar-refractivity contribution is 0.100. The van der Waals surface area contributed by atoms with Gasteiger partial charge in [0.25, 0.3) is 5.91 Å². The van der Waals surface area contributed by atoms with E-state index in [1.54, 1.807) is 30.0 Å². The highest BCUT2D eigenvalue weighted by Gasteiger charge is 2.09. The number of nitrogens with two attached hydrogens (primary N) is 2. The van der Waals surface area contributed by atoms with Crippen LogP contribution in [0.5, 0.6) is 0 Å². The van der Waals surface area contributed by atoms with Crippen LogP contribution in [0.1, 0.15) is 16.8 Å². The number of hydrogen-bond donors (Lipinski definition) is 3. The van der Waals surface area contributed by atoms with Gasteiger partial charge in [-0.3, -0.25) is 4.79 Å². The predicted molar refractivity (Wildman–Crippen MR) is 70.9 cm³/mol. The Morgan fingerprint density at radius 3 is 2.88 bits per heavy atom.